The Hall–Kier alpha value is -2.68. The van der Waals surface area contributed by atoms with Gasteiger partial charge in [-0.15, -0.1) is 0 Å². The molecule has 0 aromatic carbocycles. The van der Waals surface area contributed by atoms with Crippen LogP contribution >= 0.6 is 0 Å². The van der Waals surface area contributed by atoms with Gasteiger partial charge in [-0.25, -0.2) is 4.98 Å². The van der Waals surface area contributed by atoms with Crippen LogP contribution in [-0.4, -0.2) is 16.0 Å². The molecule has 1 amide bonds. The third-order valence-electron chi connectivity index (χ3n) is 1.99. The summed E-state index contributed by atoms with van der Waals surface area (Å²) in [4.78, 5) is 15.6. The first kappa shape index (κ1) is 10.8. The van der Waals surface area contributed by atoms with E-state index in [0.717, 1.165) is 0 Å². The van der Waals surface area contributed by atoms with Crippen molar-refractivity contribution in [2.45, 2.75) is 6.92 Å². The van der Waals surface area contributed by atoms with Gasteiger partial charge in [-0.1, -0.05) is 5.16 Å². The number of anilines is 1. The zero-order chi connectivity index (χ0) is 12.3. The largest absolute Gasteiger partial charge is 0.361 e. The third-order valence-corrected chi connectivity index (χ3v) is 1.99. The van der Waals surface area contributed by atoms with Crippen LogP contribution in [0.3, 0.4) is 0 Å². The van der Waals surface area contributed by atoms with Crippen LogP contribution in [0.15, 0.2) is 28.9 Å². The number of nitrogens with one attached hydrogen (secondary N) is 1. The average Bonchev–Trinajstić information content (AvgIpc) is 2.77. The van der Waals surface area contributed by atoms with Crippen LogP contribution in [0.5, 0.6) is 0 Å². The van der Waals surface area contributed by atoms with Crippen molar-refractivity contribution in [3.05, 3.63) is 41.4 Å². The molecule has 0 saturated carbocycles. The van der Waals surface area contributed by atoms with E-state index in [1.54, 1.807) is 19.1 Å². The number of amides is 1. The van der Waals surface area contributed by atoms with Crippen molar-refractivity contribution in [1.29, 1.82) is 5.26 Å². The molecule has 0 spiro atoms. The lowest BCUT2D eigenvalue weighted by Crippen LogP contribution is -2.13. The summed E-state index contributed by atoms with van der Waals surface area (Å²) >= 11 is 0. The van der Waals surface area contributed by atoms with Gasteiger partial charge in [-0.3, -0.25) is 4.79 Å². The first-order valence-corrected chi connectivity index (χ1v) is 4.80. The molecule has 0 aliphatic heterocycles. The van der Waals surface area contributed by atoms with Gasteiger partial charge in [0.2, 0.25) is 0 Å². The predicted octanol–water partition coefficient (Wildman–Crippen LogP) is 1.50. The first-order chi connectivity index (χ1) is 8.19. The van der Waals surface area contributed by atoms with Gasteiger partial charge in [0, 0.05) is 12.3 Å². The SMILES string of the molecule is Cc1cc(C(=O)Nc2ccc(C#N)cn2)no1. The van der Waals surface area contributed by atoms with Crippen molar-refractivity contribution < 1.29 is 9.32 Å². The molecule has 0 atom stereocenters. The van der Waals surface area contributed by atoms with Gasteiger partial charge in [0.25, 0.3) is 5.91 Å². The molecule has 2 aromatic rings. The van der Waals surface area contributed by atoms with E-state index in [1.165, 1.54) is 12.3 Å². The summed E-state index contributed by atoms with van der Waals surface area (Å²) in [5.41, 5.74) is 0.619. The summed E-state index contributed by atoms with van der Waals surface area (Å²) < 4.78 is 4.79. The molecule has 0 aliphatic rings. The molecule has 0 radical (unpaired) electrons. The first-order valence-electron chi connectivity index (χ1n) is 4.80. The summed E-state index contributed by atoms with van der Waals surface area (Å²) in [7, 11) is 0. The van der Waals surface area contributed by atoms with Gasteiger partial charge in [-0.05, 0) is 19.1 Å². The van der Waals surface area contributed by atoms with Crippen LogP contribution in [0.25, 0.3) is 0 Å². The van der Waals surface area contributed by atoms with Crippen LogP contribution < -0.4 is 5.32 Å². The topological polar surface area (TPSA) is 91.8 Å². The van der Waals surface area contributed by atoms with Crippen LogP contribution in [0.2, 0.25) is 0 Å². The lowest BCUT2D eigenvalue weighted by molar-refractivity contribution is 0.101. The van der Waals surface area contributed by atoms with E-state index < -0.39 is 5.91 Å². The molecule has 1 N–H and O–H groups in total. The molecule has 0 bridgehead atoms. The molecule has 2 aromatic heterocycles. The van der Waals surface area contributed by atoms with Gasteiger partial charge in [0.1, 0.15) is 17.6 Å². The summed E-state index contributed by atoms with van der Waals surface area (Å²) in [5, 5.41) is 14.7. The Bertz CT molecular complexity index is 580. The minimum absolute atomic E-state index is 0.189. The number of nitrogens with zero attached hydrogens (tertiary/aromatic N) is 3. The summed E-state index contributed by atoms with van der Waals surface area (Å²) in [6, 6.07) is 6.58. The molecule has 0 unspecified atom stereocenters. The summed E-state index contributed by atoms with van der Waals surface area (Å²) in [6.07, 6.45) is 1.38. The van der Waals surface area contributed by atoms with Gasteiger partial charge in [0.05, 0.1) is 5.56 Å². The number of nitriles is 1. The normalized spacial score (nSPS) is 9.65. The fourth-order valence-corrected chi connectivity index (χ4v) is 1.19. The van der Waals surface area contributed by atoms with Gasteiger partial charge in [0.15, 0.2) is 5.69 Å². The van der Waals surface area contributed by atoms with Gasteiger partial charge in [-0.2, -0.15) is 5.26 Å². The van der Waals surface area contributed by atoms with E-state index in [2.05, 4.69) is 15.5 Å². The number of rotatable bonds is 2. The van der Waals surface area contributed by atoms with Crippen LogP contribution in [0.4, 0.5) is 5.82 Å². The number of pyridine rings is 1. The molecular weight excluding hydrogens is 220 g/mol. The van der Waals surface area contributed by atoms with Crippen LogP contribution in [0, 0.1) is 18.3 Å². The van der Waals surface area contributed by atoms with E-state index in [4.69, 9.17) is 9.78 Å². The molecule has 6 nitrogen and oxygen atoms in total. The molecule has 0 aliphatic carbocycles. The molecule has 84 valence electrons. The van der Waals surface area contributed by atoms with Crippen LogP contribution in [0.1, 0.15) is 21.8 Å². The number of aryl methyl sites for hydroxylation is 1. The van der Waals surface area contributed by atoms with Gasteiger partial charge >= 0.3 is 0 Å². The van der Waals surface area contributed by atoms with Crippen LogP contribution in [-0.2, 0) is 0 Å². The minimum atomic E-state index is -0.404. The molecule has 2 heterocycles. The average molecular weight is 228 g/mol. The highest BCUT2D eigenvalue weighted by atomic mass is 16.5. The Balaban J connectivity index is 2.11. The highest BCUT2D eigenvalue weighted by Crippen LogP contribution is 2.07. The number of hydrogen-bond acceptors (Lipinski definition) is 5. The Kier molecular flexibility index (Phi) is 2.83. The quantitative estimate of drug-likeness (QED) is 0.840. The standard InChI is InChI=1S/C11H8N4O2/c1-7-4-9(15-17-7)11(16)14-10-3-2-8(5-12)6-13-10/h2-4,6H,1H3,(H,13,14,16). The second kappa shape index (κ2) is 4.45. The number of hydrogen-bond donors (Lipinski definition) is 1. The van der Waals surface area contributed by atoms with Crippen molar-refractivity contribution in [1.82, 2.24) is 10.1 Å². The monoisotopic (exact) mass is 228 g/mol. The lowest BCUT2D eigenvalue weighted by Gasteiger charge is -2.00. The van der Waals surface area contributed by atoms with E-state index in [0.29, 0.717) is 17.1 Å². The summed E-state index contributed by atoms with van der Waals surface area (Å²) in [5.74, 6) is 0.511. The Morgan fingerprint density at radius 1 is 1.53 bits per heavy atom. The second-order valence-corrected chi connectivity index (χ2v) is 3.32. The van der Waals surface area contributed by atoms with E-state index in [-0.39, 0.29) is 5.69 Å². The van der Waals surface area contributed by atoms with Crippen molar-refractivity contribution >= 4 is 11.7 Å². The molecule has 0 saturated heterocycles. The van der Waals surface area contributed by atoms with E-state index >= 15 is 0 Å². The minimum Gasteiger partial charge on any atom is -0.361 e. The van der Waals surface area contributed by atoms with Gasteiger partial charge < -0.3 is 9.84 Å². The van der Waals surface area contributed by atoms with E-state index in [1.807, 2.05) is 6.07 Å². The van der Waals surface area contributed by atoms with Crippen molar-refractivity contribution in [3.8, 4) is 6.07 Å². The Labute approximate surface area is 96.9 Å². The number of carbonyl (C=O) groups is 1. The third kappa shape index (κ3) is 2.46. The zero-order valence-corrected chi connectivity index (χ0v) is 8.97. The Morgan fingerprint density at radius 3 is 2.88 bits per heavy atom. The lowest BCUT2D eigenvalue weighted by atomic mass is 10.3. The summed E-state index contributed by atoms with van der Waals surface area (Å²) in [6.45, 7) is 1.70. The predicted molar refractivity (Wildman–Crippen MR) is 58.1 cm³/mol. The molecule has 0 fully saturated rings. The van der Waals surface area contributed by atoms with Crippen molar-refractivity contribution in [3.63, 3.8) is 0 Å². The second-order valence-electron chi connectivity index (χ2n) is 3.32. The zero-order valence-electron chi connectivity index (χ0n) is 8.97. The van der Waals surface area contributed by atoms with Crippen molar-refractivity contribution in [2.24, 2.45) is 0 Å². The Morgan fingerprint density at radius 2 is 2.35 bits per heavy atom. The maximum Gasteiger partial charge on any atom is 0.279 e. The number of aromatic nitrogens is 2. The highest BCUT2D eigenvalue weighted by molar-refractivity contribution is 6.02. The number of carbonyl (C=O) groups excluding carboxylic acids is 1. The van der Waals surface area contributed by atoms with Crippen molar-refractivity contribution in [2.75, 3.05) is 5.32 Å². The fraction of sp³-hybridized carbons (Fsp3) is 0.0909. The molecule has 2 rings (SSSR count). The smallest absolute Gasteiger partial charge is 0.279 e. The molecule has 6 heteroatoms. The molecular formula is C11H8N4O2. The maximum atomic E-state index is 11.6. The highest BCUT2D eigenvalue weighted by Gasteiger charge is 2.11. The fourth-order valence-electron chi connectivity index (χ4n) is 1.19. The maximum absolute atomic E-state index is 11.6. The molecule has 17 heavy (non-hydrogen) atoms. The van der Waals surface area contributed by atoms with E-state index in [9.17, 15) is 4.79 Å².